The molecular weight excluding hydrogens is 181 g/mol. The van der Waals surface area contributed by atoms with Crippen molar-refractivity contribution in [2.24, 2.45) is 0 Å². The molecule has 0 saturated heterocycles. The molecule has 9 heavy (non-hydrogen) atoms. The summed E-state index contributed by atoms with van der Waals surface area (Å²) in [6.45, 7) is 0. The van der Waals surface area contributed by atoms with Crippen LogP contribution in [0, 0.1) is 0 Å². The van der Waals surface area contributed by atoms with Crippen molar-refractivity contribution in [3.63, 3.8) is 0 Å². The van der Waals surface area contributed by atoms with Gasteiger partial charge >= 0.3 is 51.4 Å². The number of hydrogen-bond donors (Lipinski definition) is 0. The molecule has 1 heterocycles. The Bertz CT molecular complexity index is 186. The fourth-order valence-electron chi connectivity index (χ4n) is 0.317. The zero-order chi connectivity index (χ0) is 5.98. The summed E-state index contributed by atoms with van der Waals surface area (Å²) < 4.78 is 0. The first-order chi connectivity index (χ1) is 3.80. The van der Waals surface area contributed by atoms with Crippen LogP contribution in [-0.2, 0) is 0 Å². The van der Waals surface area contributed by atoms with Gasteiger partial charge in [0.25, 0.3) is 0 Å². The molecule has 0 spiro atoms. The summed E-state index contributed by atoms with van der Waals surface area (Å²) in [5, 5.41) is 9.97. The molecule has 0 radical (unpaired) electrons. The van der Waals surface area contributed by atoms with Gasteiger partial charge in [-0.3, -0.25) is 4.98 Å². The van der Waals surface area contributed by atoms with Crippen LogP contribution in [0.5, 0.6) is 0 Å². The summed E-state index contributed by atoms with van der Waals surface area (Å²) >= 11 is 5.60. The minimum atomic E-state index is -0.326. The molecule has 2 nitrogen and oxygen atoms in total. The van der Waals surface area contributed by atoms with E-state index < -0.39 is 0 Å². The van der Waals surface area contributed by atoms with Gasteiger partial charge in [-0.1, -0.05) is 12.2 Å². The maximum Gasteiger partial charge on any atom is 1.00 e. The molecular formula is C4H2KNOS2. The quantitative estimate of drug-likeness (QED) is 0.348. The fourth-order valence-corrected chi connectivity index (χ4v) is 0.967. The molecule has 0 aliphatic carbocycles. The average molecular weight is 183 g/mol. The van der Waals surface area contributed by atoms with E-state index in [1.54, 1.807) is 5.51 Å². The van der Waals surface area contributed by atoms with Crippen molar-refractivity contribution in [1.82, 2.24) is 4.98 Å². The first-order valence-electron chi connectivity index (χ1n) is 1.90. The normalized spacial score (nSPS) is 8.00. The van der Waals surface area contributed by atoms with Gasteiger partial charge in [-0.05, 0) is 5.05 Å². The zero-order valence-electron chi connectivity index (χ0n) is 4.83. The summed E-state index contributed by atoms with van der Waals surface area (Å²) in [6, 6.07) is 0. The molecule has 1 aromatic heterocycles. The first-order valence-corrected chi connectivity index (χ1v) is 3.19. The van der Waals surface area contributed by atoms with Gasteiger partial charge in [-0.15, -0.1) is 11.3 Å². The van der Waals surface area contributed by atoms with E-state index in [4.69, 9.17) is 0 Å². The maximum atomic E-state index is 10.3. The molecule has 0 amide bonds. The van der Waals surface area contributed by atoms with Gasteiger partial charge in [0.2, 0.25) is 0 Å². The molecule has 5 heteroatoms. The summed E-state index contributed by atoms with van der Waals surface area (Å²) in [7, 11) is 0. The molecule has 0 aliphatic rings. The minimum absolute atomic E-state index is 0. The Balaban J connectivity index is 0.000000640. The summed E-state index contributed by atoms with van der Waals surface area (Å²) in [5.41, 5.74) is 1.58. The van der Waals surface area contributed by atoms with E-state index in [1.807, 2.05) is 0 Å². The van der Waals surface area contributed by atoms with Gasteiger partial charge < -0.3 is 5.11 Å². The van der Waals surface area contributed by atoms with Crippen LogP contribution in [0.1, 0.15) is 4.88 Å². The largest absolute Gasteiger partial charge is 1.00 e. The Morgan fingerprint density at radius 1 is 1.78 bits per heavy atom. The van der Waals surface area contributed by atoms with Crippen molar-refractivity contribution in [2.45, 2.75) is 0 Å². The van der Waals surface area contributed by atoms with Gasteiger partial charge in [-0.2, -0.15) is 0 Å². The first kappa shape index (κ1) is 10.2. The smallest absolute Gasteiger partial charge is 0.863 e. The molecule has 0 unspecified atom stereocenters. The Labute approximate surface area is 105 Å². The van der Waals surface area contributed by atoms with Gasteiger partial charge in [0.05, 0.1) is 5.51 Å². The van der Waals surface area contributed by atoms with E-state index in [0.29, 0.717) is 4.88 Å². The Morgan fingerprint density at radius 2 is 2.44 bits per heavy atom. The second-order valence-electron chi connectivity index (χ2n) is 1.15. The maximum absolute atomic E-state index is 10.3. The minimum Gasteiger partial charge on any atom is -0.863 e. The van der Waals surface area contributed by atoms with Crippen molar-refractivity contribution in [1.29, 1.82) is 0 Å². The van der Waals surface area contributed by atoms with Crippen LogP contribution in [0.4, 0.5) is 0 Å². The second kappa shape index (κ2) is 4.89. The van der Waals surface area contributed by atoms with Crippen LogP contribution in [-0.4, -0.2) is 10.0 Å². The monoisotopic (exact) mass is 183 g/mol. The summed E-state index contributed by atoms with van der Waals surface area (Å²) in [5.74, 6) is 0. The van der Waals surface area contributed by atoms with E-state index in [9.17, 15) is 5.11 Å². The van der Waals surface area contributed by atoms with Crippen LogP contribution >= 0.6 is 23.6 Å². The van der Waals surface area contributed by atoms with Crippen LogP contribution < -0.4 is 56.5 Å². The topological polar surface area (TPSA) is 36.0 Å². The molecule has 42 valence electrons. The summed E-state index contributed by atoms with van der Waals surface area (Å²) in [6.07, 6.45) is 1.47. The van der Waals surface area contributed by atoms with Crippen molar-refractivity contribution in [3.8, 4) is 0 Å². The number of hydrogen-bond acceptors (Lipinski definition) is 4. The number of rotatable bonds is 1. The predicted molar refractivity (Wildman–Crippen MR) is 33.8 cm³/mol. The SMILES string of the molecule is [K+].[O-]C(=S)c1cncs1. The van der Waals surface area contributed by atoms with E-state index in [1.165, 1.54) is 17.5 Å². The van der Waals surface area contributed by atoms with Gasteiger partial charge in [0.15, 0.2) is 0 Å². The standard InChI is InChI=1S/C4H3NOS2.K/c6-4(7)3-1-5-2-8-3;/h1-2H,(H,6,7);/q;+1/p-1. The number of aromatic nitrogens is 1. The van der Waals surface area contributed by atoms with Gasteiger partial charge in [0, 0.05) is 11.1 Å². The van der Waals surface area contributed by atoms with Crippen LogP contribution in [0.3, 0.4) is 0 Å². The van der Waals surface area contributed by atoms with Crippen LogP contribution in [0.25, 0.3) is 0 Å². The second-order valence-corrected chi connectivity index (χ2v) is 2.41. The molecule has 0 bridgehead atoms. The Hall–Kier alpha value is 1.16. The third kappa shape index (κ3) is 3.17. The third-order valence-electron chi connectivity index (χ3n) is 0.634. The van der Waals surface area contributed by atoms with E-state index in [-0.39, 0.29) is 56.4 Å². The van der Waals surface area contributed by atoms with E-state index in [2.05, 4.69) is 17.2 Å². The molecule has 1 rings (SSSR count). The molecule has 0 aromatic carbocycles. The zero-order valence-corrected chi connectivity index (χ0v) is 9.58. The van der Waals surface area contributed by atoms with Crippen molar-refractivity contribution < 1.29 is 56.5 Å². The van der Waals surface area contributed by atoms with Crippen molar-refractivity contribution >= 4 is 28.6 Å². The summed E-state index contributed by atoms with van der Waals surface area (Å²) in [4.78, 5) is 4.22. The van der Waals surface area contributed by atoms with Crippen molar-refractivity contribution in [2.75, 3.05) is 0 Å². The predicted octanol–water partition coefficient (Wildman–Crippen LogP) is -2.82. The van der Waals surface area contributed by atoms with Crippen molar-refractivity contribution in [3.05, 3.63) is 16.6 Å². The molecule has 0 saturated carbocycles. The van der Waals surface area contributed by atoms with E-state index >= 15 is 0 Å². The fraction of sp³-hybridized carbons (Fsp3) is 0. The van der Waals surface area contributed by atoms with Crippen LogP contribution in [0.2, 0.25) is 0 Å². The van der Waals surface area contributed by atoms with Gasteiger partial charge in [-0.25, -0.2) is 0 Å². The molecule has 0 atom stereocenters. The van der Waals surface area contributed by atoms with E-state index in [0.717, 1.165) is 0 Å². The molecule has 1 aromatic rings. The number of nitrogens with zero attached hydrogens (tertiary/aromatic N) is 1. The Kier molecular flexibility index (Phi) is 5.52. The Morgan fingerprint density at radius 3 is 2.67 bits per heavy atom. The van der Waals surface area contributed by atoms with Gasteiger partial charge in [0.1, 0.15) is 0 Å². The third-order valence-corrected chi connectivity index (χ3v) is 1.75. The average Bonchev–Trinajstić information content (AvgIpc) is 2.12. The molecule has 0 aliphatic heterocycles. The van der Waals surface area contributed by atoms with Crippen LogP contribution in [0.15, 0.2) is 11.7 Å². The molecule has 0 N–H and O–H groups in total. The number of thiocarbonyl (C=S) groups is 1. The number of thiazole rings is 1. The molecule has 0 fully saturated rings.